The molecule has 1 fully saturated rings. The average Bonchev–Trinajstić information content (AvgIpc) is 3.11. The molecule has 1 aliphatic rings. The fourth-order valence-corrected chi connectivity index (χ4v) is 1.66. The third-order valence-electron chi connectivity index (χ3n) is 2.57. The van der Waals surface area contributed by atoms with Crippen molar-refractivity contribution in [1.29, 1.82) is 0 Å². The molecular formula is C11H11N3O. The zero-order valence-electron chi connectivity index (χ0n) is 8.47. The summed E-state index contributed by atoms with van der Waals surface area (Å²) < 4.78 is 5.16. The molecule has 2 aromatic rings. The number of hydrogen-bond donors (Lipinski definition) is 0. The highest BCUT2D eigenvalue weighted by Crippen LogP contribution is 2.28. The van der Waals surface area contributed by atoms with Crippen molar-refractivity contribution in [2.24, 2.45) is 0 Å². The van der Waals surface area contributed by atoms with Crippen LogP contribution in [-0.4, -0.2) is 30.2 Å². The van der Waals surface area contributed by atoms with Crippen molar-refractivity contribution in [2.75, 3.05) is 25.1 Å². The summed E-state index contributed by atoms with van der Waals surface area (Å²) in [5.41, 5.74) is 0.936. The molecule has 15 heavy (non-hydrogen) atoms. The normalized spacial score (nSPS) is 14.3. The van der Waals surface area contributed by atoms with Crippen LogP contribution in [0.1, 0.15) is 0 Å². The van der Waals surface area contributed by atoms with E-state index in [1.165, 1.54) is 0 Å². The lowest BCUT2D eigenvalue weighted by Crippen LogP contribution is -1.97. The van der Waals surface area contributed by atoms with Crippen molar-refractivity contribution < 1.29 is 4.74 Å². The van der Waals surface area contributed by atoms with Gasteiger partial charge < -0.3 is 9.64 Å². The Morgan fingerprint density at radius 2 is 2.13 bits per heavy atom. The quantitative estimate of drug-likeness (QED) is 0.689. The SMILES string of the molecule is COc1ccc2c(N3CC3)ncnc2c1. The average molecular weight is 201 g/mol. The molecule has 0 bridgehead atoms. The summed E-state index contributed by atoms with van der Waals surface area (Å²) in [4.78, 5) is 10.8. The van der Waals surface area contributed by atoms with Crippen molar-refractivity contribution in [1.82, 2.24) is 9.97 Å². The number of aromatic nitrogens is 2. The molecule has 0 atom stereocenters. The Hall–Kier alpha value is -1.84. The Bertz CT molecular complexity index is 508. The molecule has 4 nitrogen and oxygen atoms in total. The van der Waals surface area contributed by atoms with Gasteiger partial charge in [0.1, 0.15) is 17.9 Å². The highest BCUT2D eigenvalue weighted by molar-refractivity contribution is 5.91. The largest absolute Gasteiger partial charge is 0.497 e. The Kier molecular flexibility index (Phi) is 1.74. The smallest absolute Gasteiger partial charge is 0.140 e. The highest BCUT2D eigenvalue weighted by Gasteiger charge is 2.21. The summed E-state index contributed by atoms with van der Waals surface area (Å²) in [6.07, 6.45) is 1.61. The minimum Gasteiger partial charge on any atom is -0.497 e. The monoisotopic (exact) mass is 201 g/mol. The molecule has 1 aliphatic heterocycles. The maximum Gasteiger partial charge on any atom is 0.140 e. The Labute approximate surface area is 87.5 Å². The van der Waals surface area contributed by atoms with Crippen LogP contribution < -0.4 is 9.64 Å². The highest BCUT2D eigenvalue weighted by atomic mass is 16.5. The van der Waals surface area contributed by atoms with Gasteiger partial charge in [0.15, 0.2) is 0 Å². The first-order valence-electron chi connectivity index (χ1n) is 4.92. The molecule has 3 rings (SSSR count). The van der Waals surface area contributed by atoms with Crippen molar-refractivity contribution in [2.45, 2.75) is 0 Å². The predicted molar refractivity (Wildman–Crippen MR) is 58.3 cm³/mol. The maximum absolute atomic E-state index is 5.16. The molecule has 0 aliphatic carbocycles. The van der Waals surface area contributed by atoms with Gasteiger partial charge >= 0.3 is 0 Å². The standard InChI is InChI=1S/C11H11N3O/c1-15-8-2-3-9-10(6-8)12-7-13-11(9)14-4-5-14/h2-3,6-7H,4-5H2,1H3. The van der Waals surface area contributed by atoms with Gasteiger partial charge in [0.05, 0.1) is 12.6 Å². The van der Waals surface area contributed by atoms with E-state index in [0.29, 0.717) is 0 Å². The molecule has 1 saturated heterocycles. The number of methoxy groups -OCH3 is 1. The van der Waals surface area contributed by atoms with Gasteiger partial charge in [-0.2, -0.15) is 0 Å². The summed E-state index contributed by atoms with van der Waals surface area (Å²) in [5.74, 6) is 1.86. The molecule has 4 heteroatoms. The molecule has 1 aromatic carbocycles. The number of rotatable bonds is 2. The minimum absolute atomic E-state index is 0.831. The second-order valence-corrected chi connectivity index (χ2v) is 3.57. The number of benzene rings is 1. The van der Waals surface area contributed by atoms with E-state index in [9.17, 15) is 0 Å². The third-order valence-corrected chi connectivity index (χ3v) is 2.57. The number of nitrogens with zero attached hydrogens (tertiary/aromatic N) is 3. The zero-order chi connectivity index (χ0) is 10.3. The fraction of sp³-hybridized carbons (Fsp3) is 0.273. The lowest BCUT2D eigenvalue weighted by Gasteiger charge is -2.06. The molecular weight excluding hydrogens is 190 g/mol. The van der Waals surface area contributed by atoms with Gasteiger partial charge in [-0.15, -0.1) is 0 Å². The molecule has 0 saturated carbocycles. The Balaban J connectivity index is 2.21. The first-order chi connectivity index (χ1) is 7.38. The van der Waals surface area contributed by atoms with Gasteiger partial charge in [-0.1, -0.05) is 0 Å². The summed E-state index contributed by atoms with van der Waals surface area (Å²) in [5, 5.41) is 1.09. The van der Waals surface area contributed by atoms with E-state index in [1.54, 1.807) is 13.4 Å². The Morgan fingerprint density at radius 3 is 2.87 bits per heavy atom. The molecule has 0 amide bonds. The van der Waals surface area contributed by atoms with E-state index in [0.717, 1.165) is 35.6 Å². The van der Waals surface area contributed by atoms with Crippen LogP contribution in [-0.2, 0) is 0 Å². The van der Waals surface area contributed by atoms with E-state index >= 15 is 0 Å². The van der Waals surface area contributed by atoms with Crippen molar-refractivity contribution in [3.05, 3.63) is 24.5 Å². The van der Waals surface area contributed by atoms with Crippen molar-refractivity contribution >= 4 is 16.7 Å². The molecule has 0 N–H and O–H groups in total. The van der Waals surface area contributed by atoms with Gasteiger partial charge in [0.25, 0.3) is 0 Å². The van der Waals surface area contributed by atoms with Crippen LogP contribution in [0.3, 0.4) is 0 Å². The topological polar surface area (TPSA) is 38.0 Å². The molecule has 0 unspecified atom stereocenters. The van der Waals surface area contributed by atoms with Crippen molar-refractivity contribution in [3.8, 4) is 5.75 Å². The van der Waals surface area contributed by atoms with Crippen LogP contribution in [0.25, 0.3) is 10.9 Å². The second kappa shape index (κ2) is 3.08. The summed E-state index contributed by atoms with van der Waals surface area (Å²) in [6.45, 7) is 2.19. The lowest BCUT2D eigenvalue weighted by molar-refractivity contribution is 0.415. The van der Waals surface area contributed by atoms with Gasteiger partial charge in [0.2, 0.25) is 0 Å². The maximum atomic E-state index is 5.16. The van der Waals surface area contributed by atoms with Gasteiger partial charge in [-0.3, -0.25) is 0 Å². The first kappa shape index (κ1) is 8.47. The van der Waals surface area contributed by atoms with E-state index in [1.807, 2.05) is 18.2 Å². The molecule has 2 heterocycles. The van der Waals surface area contributed by atoms with Crippen molar-refractivity contribution in [3.63, 3.8) is 0 Å². The Morgan fingerprint density at radius 1 is 1.27 bits per heavy atom. The van der Waals surface area contributed by atoms with Crippen LogP contribution in [0, 0.1) is 0 Å². The first-order valence-corrected chi connectivity index (χ1v) is 4.92. The van der Waals surface area contributed by atoms with E-state index in [-0.39, 0.29) is 0 Å². The summed E-state index contributed by atoms with van der Waals surface area (Å²) in [6, 6.07) is 5.89. The molecule has 1 aromatic heterocycles. The summed E-state index contributed by atoms with van der Waals surface area (Å²) >= 11 is 0. The van der Waals surface area contributed by atoms with Gasteiger partial charge in [-0.25, -0.2) is 9.97 Å². The summed E-state index contributed by atoms with van der Waals surface area (Å²) in [7, 11) is 1.66. The third kappa shape index (κ3) is 1.38. The molecule has 0 spiro atoms. The number of ether oxygens (including phenoxy) is 1. The van der Waals surface area contributed by atoms with E-state index in [4.69, 9.17) is 4.74 Å². The zero-order valence-corrected chi connectivity index (χ0v) is 8.47. The number of fused-ring (bicyclic) bond motifs is 1. The van der Waals surface area contributed by atoms with Crippen LogP contribution in [0.4, 0.5) is 5.82 Å². The second-order valence-electron chi connectivity index (χ2n) is 3.57. The minimum atomic E-state index is 0.831. The van der Waals surface area contributed by atoms with E-state index in [2.05, 4.69) is 14.9 Å². The van der Waals surface area contributed by atoms with Gasteiger partial charge in [-0.05, 0) is 12.1 Å². The number of anilines is 1. The number of hydrogen-bond acceptors (Lipinski definition) is 4. The fourth-order valence-electron chi connectivity index (χ4n) is 1.66. The molecule has 0 radical (unpaired) electrons. The van der Waals surface area contributed by atoms with Crippen LogP contribution >= 0.6 is 0 Å². The van der Waals surface area contributed by atoms with Crippen LogP contribution in [0.5, 0.6) is 5.75 Å². The van der Waals surface area contributed by atoms with Crippen LogP contribution in [0.15, 0.2) is 24.5 Å². The predicted octanol–water partition coefficient (Wildman–Crippen LogP) is 1.46. The van der Waals surface area contributed by atoms with E-state index < -0.39 is 0 Å². The lowest BCUT2D eigenvalue weighted by atomic mass is 10.2. The van der Waals surface area contributed by atoms with Crippen LogP contribution in [0.2, 0.25) is 0 Å². The molecule has 76 valence electrons. The van der Waals surface area contributed by atoms with Gasteiger partial charge in [0, 0.05) is 24.5 Å².